The Bertz CT molecular complexity index is 977. The first kappa shape index (κ1) is 20.9. The molecule has 0 aliphatic carbocycles. The van der Waals surface area contributed by atoms with Crippen LogP contribution in [0.2, 0.25) is 0 Å². The average Bonchev–Trinajstić information content (AvgIpc) is 2.89. The zero-order chi connectivity index (χ0) is 20.3. The van der Waals surface area contributed by atoms with Crippen molar-refractivity contribution in [3.05, 3.63) is 66.5 Å². The third kappa shape index (κ3) is 5.15. The maximum Gasteiger partial charge on any atom is 0.323 e. The molecular weight excluding hydrogens is 561 g/mol. The Kier molecular flexibility index (Phi) is 6.78. The fraction of sp³-hybridized carbons (Fsp3) is 0.105. The number of aliphatic carboxylic acids is 1. The summed E-state index contributed by atoms with van der Waals surface area (Å²) < 4.78 is 7.70. The SMILES string of the molecule is O=C(O)CN1C(=O)S/C(=C/c2ccc(OCc3ccc(Br)cc3)c(I)c2)C1=O. The second kappa shape index (κ2) is 9.10. The van der Waals surface area contributed by atoms with E-state index in [1.165, 1.54) is 0 Å². The number of nitrogens with zero attached hydrogens (tertiary/aromatic N) is 1. The lowest BCUT2D eigenvalue weighted by Crippen LogP contribution is -2.33. The molecule has 0 atom stereocenters. The summed E-state index contributed by atoms with van der Waals surface area (Å²) in [5, 5.41) is 8.23. The van der Waals surface area contributed by atoms with Gasteiger partial charge in [-0.1, -0.05) is 34.1 Å². The average molecular weight is 574 g/mol. The van der Waals surface area contributed by atoms with Crippen molar-refractivity contribution in [2.45, 2.75) is 6.61 Å². The van der Waals surface area contributed by atoms with Gasteiger partial charge in [0, 0.05) is 4.47 Å². The molecule has 0 bridgehead atoms. The van der Waals surface area contributed by atoms with Crippen LogP contribution in [0.1, 0.15) is 11.1 Å². The fourth-order valence-electron chi connectivity index (χ4n) is 2.39. The van der Waals surface area contributed by atoms with E-state index in [0.717, 1.165) is 35.8 Å². The third-order valence-corrected chi connectivity index (χ3v) is 6.01. The van der Waals surface area contributed by atoms with Gasteiger partial charge in [0.05, 0.1) is 8.48 Å². The number of ether oxygens (including phenoxy) is 1. The van der Waals surface area contributed by atoms with Crippen LogP contribution in [0.15, 0.2) is 51.8 Å². The molecule has 2 aromatic rings. The monoisotopic (exact) mass is 573 g/mol. The van der Waals surface area contributed by atoms with Gasteiger partial charge in [0.25, 0.3) is 11.1 Å². The first-order valence-corrected chi connectivity index (χ1v) is 10.7. The van der Waals surface area contributed by atoms with E-state index in [9.17, 15) is 14.4 Å². The highest BCUT2D eigenvalue weighted by atomic mass is 127. The molecule has 1 fully saturated rings. The van der Waals surface area contributed by atoms with E-state index in [-0.39, 0.29) is 4.91 Å². The van der Waals surface area contributed by atoms with Crippen LogP contribution in [0, 0.1) is 3.57 Å². The number of rotatable bonds is 6. The Morgan fingerprint density at radius 3 is 2.57 bits per heavy atom. The number of carboxylic acid groups (broad SMARTS) is 1. The highest BCUT2D eigenvalue weighted by Crippen LogP contribution is 2.33. The summed E-state index contributed by atoms with van der Waals surface area (Å²) in [4.78, 5) is 35.7. The lowest BCUT2D eigenvalue weighted by Gasteiger charge is -2.09. The molecule has 144 valence electrons. The van der Waals surface area contributed by atoms with Crippen LogP contribution >= 0.6 is 50.3 Å². The van der Waals surface area contributed by atoms with Crippen LogP contribution in [0.4, 0.5) is 4.79 Å². The lowest BCUT2D eigenvalue weighted by molar-refractivity contribution is -0.140. The summed E-state index contributed by atoms with van der Waals surface area (Å²) in [6.07, 6.45) is 1.58. The van der Waals surface area contributed by atoms with E-state index in [1.807, 2.05) is 30.3 Å². The third-order valence-electron chi connectivity index (χ3n) is 3.73. The van der Waals surface area contributed by atoms with Gasteiger partial charge < -0.3 is 9.84 Å². The molecule has 6 nitrogen and oxygen atoms in total. The summed E-state index contributed by atoms with van der Waals surface area (Å²) in [5.41, 5.74) is 1.76. The Hall–Kier alpha value is -1.85. The van der Waals surface area contributed by atoms with Crippen LogP contribution in [0.3, 0.4) is 0 Å². The van der Waals surface area contributed by atoms with Gasteiger partial charge in [0.2, 0.25) is 0 Å². The molecule has 0 saturated carbocycles. The van der Waals surface area contributed by atoms with Crippen LogP contribution in [0.25, 0.3) is 6.08 Å². The topological polar surface area (TPSA) is 83.9 Å². The zero-order valence-electron chi connectivity index (χ0n) is 14.2. The second-order valence-electron chi connectivity index (χ2n) is 5.77. The van der Waals surface area contributed by atoms with E-state index < -0.39 is 23.7 Å². The Balaban J connectivity index is 1.71. The van der Waals surface area contributed by atoms with Crippen molar-refractivity contribution in [3.8, 4) is 5.75 Å². The Morgan fingerprint density at radius 1 is 1.21 bits per heavy atom. The smallest absolute Gasteiger partial charge is 0.323 e. The highest BCUT2D eigenvalue weighted by Gasteiger charge is 2.36. The van der Waals surface area contributed by atoms with Crippen LogP contribution in [0.5, 0.6) is 5.75 Å². The van der Waals surface area contributed by atoms with E-state index in [2.05, 4.69) is 38.5 Å². The predicted octanol–water partition coefficient (Wildman–Crippen LogP) is 4.75. The van der Waals surface area contributed by atoms with Crippen molar-refractivity contribution >= 4 is 73.5 Å². The van der Waals surface area contributed by atoms with Crippen molar-refractivity contribution < 1.29 is 24.2 Å². The molecule has 1 aliphatic rings. The van der Waals surface area contributed by atoms with E-state index >= 15 is 0 Å². The summed E-state index contributed by atoms with van der Waals surface area (Å²) in [6, 6.07) is 13.3. The quantitative estimate of drug-likeness (QED) is 0.396. The molecule has 0 aromatic heterocycles. The van der Waals surface area contributed by atoms with Gasteiger partial charge in [-0.15, -0.1) is 0 Å². The summed E-state index contributed by atoms with van der Waals surface area (Å²) in [6.45, 7) is -0.209. The molecule has 0 unspecified atom stereocenters. The second-order valence-corrected chi connectivity index (χ2v) is 8.84. The number of carbonyl (C=O) groups is 3. The lowest BCUT2D eigenvalue weighted by atomic mass is 10.2. The number of benzene rings is 2. The van der Waals surface area contributed by atoms with Crippen molar-refractivity contribution in [1.29, 1.82) is 0 Å². The minimum atomic E-state index is -1.23. The molecule has 2 amide bonds. The number of carbonyl (C=O) groups excluding carboxylic acids is 2. The standard InChI is InChI=1S/C19H13BrINO5S/c20-13-4-1-11(2-5-13)10-27-15-6-3-12(7-14(15)21)8-16-18(25)22(9-17(23)24)19(26)28-16/h1-8H,9-10H2,(H,23,24)/b16-8+. The van der Waals surface area contributed by atoms with Crippen LogP contribution in [-0.4, -0.2) is 33.7 Å². The van der Waals surface area contributed by atoms with Gasteiger partial charge in [0.1, 0.15) is 18.9 Å². The van der Waals surface area contributed by atoms with Crippen molar-refractivity contribution in [2.75, 3.05) is 6.54 Å². The Morgan fingerprint density at radius 2 is 1.93 bits per heavy atom. The van der Waals surface area contributed by atoms with Crippen molar-refractivity contribution in [2.24, 2.45) is 0 Å². The van der Waals surface area contributed by atoms with E-state index in [0.29, 0.717) is 12.4 Å². The normalized spacial score (nSPS) is 15.4. The number of hydrogen-bond donors (Lipinski definition) is 1. The molecule has 3 rings (SSSR count). The maximum absolute atomic E-state index is 12.2. The van der Waals surface area contributed by atoms with Gasteiger partial charge in [-0.05, 0) is 75.8 Å². The maximum atomic E-state index is 12.2. The number of halogens is 2. The molecule has 1 heterocycles. The predicted molar refractivity (Wildman–Crippen MR) is 118 cm³/mol. The number of amides is 2. The highest BCUT2D eigenvalue weighted by molar-refractivity contribution is 14.1. The van der Waals surface area contributed by atoms with E-state index in [4.69, 9.17) is 9.84 Å². The molecule has 0 spiro atoms. The molecule has 2 aromatic carbocycles. The molecule has 1 aliphatic heterocycles. The first-order chi connectivity index (χ1) is 13.3. The first-order valence-electron chi connectivity index (χ1n) is 7.97. The number of hydrogen-bond acceptors (Lipinski definition) is 5. The summed E-state index contributed by atoms with van der Waals surface area (Å²) >= 11 is 6.27. The zero-order valence-corrected chi connectivity index (χ0v) is 18.8. The minimum Gasteiger partial charge on any atom is -0.488 e. The van der Waals surface area contributed by atoms with Gasteiger partial charge in [-0.25, -0.2) is 0 Å². The minimum absolute atomic E-state index is 0.200. The molecule has 28 heavy (non-hydrogen) atoms. The van der Waals surface area contributed by atoms with Crippen LogP contribution < -0.4 is 4.74 Å². The fourth-order valence-corrected chi connectivity index (χ4v) is 4.19. The molecule has 0 radical (unpaired) electrons. The van der Waals surface area contributed by atoms with Crippen molar-refractivity contribution in [3.63, 3.8) is 0 Å². The van der Waals surface area contributed by atoms with Gasteiger partial charge in [-0.2, -0.15) is 0 Å². The van der Waals surface area contributed by atoms with Crippen LogP contribution in [-0.2, 0) is 16.2 Å². The molecule has 9 heteroatoms. The van der Waals surface area contributed by atoms with Gasteiger partial charge in [0.15, 0.2) is 0 Å². The number of carboxylic acids is 1. The number of imide groups is 1. The molecule has 1 saturated heterocycles. The molecule has 1 N–H and O–H groups in total. The van der Waals surface area contributed by atoms with Crippen molar-refractivity contribution in [1.82, 2.24) is 4.90 Å². The van der Waals surface area contributed by atoms with Gasteiger partial charge >= 0.3 is 5.97 Å². The Labute approximate surface area is 187 Å². The largest absolute Gasteiger partial charge is 0.488 e. The number of thioether (sulfide) groups is 1. The summed E-state index contributed by atoms with van der Waals surface area (Å²) in [5.74, 6) is -1.12. The van der Waals surface area contributed by atoms with E-state index in [1.54, 1.807) is 18.2 Å². The van der Waals surface area contributed by atoms with Gasteiger partial charge in [-0.3, -0.25) is 19.3 Å². The summed E-state index contributed by atoms with van der Waals surface area (Å²) in [7, 11) is 0. The molecular formula is C19H13BrINO5S.